The number of nitriles is 1. The molecule has 2 fully saturated rings. The number of carbonyl (C=O) groups excluding carboxylic acids is 2. The lowest BCUT2D eigenvalue weighted by molar-refractivity contribution is -0.141. The SMILES string of the molecule is CNC(C)(C#N)CCCCN1C(=O)C2CC2C1=O. The average Bonchev–Trinajstić information content (AvgIpc) is 3.13. The molecule has 1 N–H and O–H groups in total. The molecule has 2 rings (SSSR count). The van der Waals surface area contributed by atoms with E-state index in [0.717, 1.165) is 25.7 Å². The van der Waals surface area contributed by atoms with Gasteiger partial charge in [0.15, 0.2) is 0 Å². The fraction of sp³-hybridized carbons (Fsp3) is 0.769. The van der Waals surface area contributed by atoms with Crippen molar-refractivity contribution in [3.05, 3.63) is 0 Å². The Morgan fingerprint density at radius 2 is 2.00 bits per heavy atom. The van der Waals surface area contributed by atoms with E-state index in [2.05, 4.69) is 11.4 Å². The van der Waals surface area contributed by atoms with Crippen LogP contribution in [0.1, 0.15) is 32.6 Å². The van der Waals surface area contributed by atoms with Gasteiger partial charge in [0.1, 0.15) is 5.54 Å². The second kappa shape index (κ2) is 4.69. The van der Waals surface area contributed by atoms with Gasteiger partial charge in [-0.05, 0) is 39.7 Å². The molecule has 5 nitrogen and oxygen atoms in total. The summed E-state index contributed by atoms with van der Waals surface area (Å²) >= 11 is 0. The summed E-state index contributed by atoms with van der Waals surface area (Å²) in [5.41, 5.74) is -0.513. The van der Waals surface area contributed by atoms with Crippen LogP contribution in [0.3, 0.4) is 0 Å². The predicted octanol–water partition coefficient (Wildman–Crippen LogP) is 0.663. The van der Waals surface area contributed by atoms with Crippen molar-refractivity contribution >= 4 is 11.8 Å². The first kappa shape index (κ1) is 13.0. The molecule has 0 radical (unpaired) electrons. The molecule has 3 unspecified atom stereocenters. The molecule has 1 saturated carbocycles. The van der Waals surface area contributed by atoms with Crippen LogP contribution >= 0.6 is 0 Å². The first-order chi connectivity index (χ1) is 8.52. The van der Waals surface area contributed by atoms with Gasteiger partial charge in [-0.15, -0.1) is 0 Å². The van der Waals surface area contributed by atoms with Crippen molar-refractivity contribution in [2.24, 2.45) is 11.8 Å². The molecule has 2 amide bonds. The summed E-state index contributed by atoms with van der Waals surface area (Å²) in [6, 6.07) is 2.23. The number of hydrogen-bond acceptors (Lipinski definition) is 4. The summed E-state index contributed by atoms with van der Waals surface area (Å²) in [4.78, 5) is 24.8. The summed E-state index contributed by atoms with van der Waals surface area (Å²) < 4.78 is 0. The second-order valence-corrected chi connectivity index (χ2v) is 5.43. The van der Waals surface area contributed by atoms with Crippen molar-refractivity contribution in [2.75, 3.05) is 13.6 Å². The van der Waals surface area contributed by atoms with Gasteiger partial charge >= 0.3 is 0 Å². The number of imide groups is 1. The van der Waals surface area contributed by atoms with Crippen LogP contribution < -0.4 is 5.32 Å². The van der Waals surface area contributed by atoms with Crippen molar-refractivity contribution in [1.82, 2.24) is 10.2 Å². The highest BCUT2D eigenvalue weighted by Crippen LogP contribution is 2.46. The fourth-order valence-corrected chi connectivity index (χ4v) is 2.46. The largest absolute Gasteiger partial charge is 0.303 e. The summed E-state index contributed by atoms with van der Waals surface area (Å²) in [6.45, 7) is 2.37. The molecule has 1 heterocycles. The molecule has 0 aromatic heterocycles. The van der Waals surface area contributed by atoms with Crippen molar-refractivity contribution < 1.29 is 9.59 Å². The standard InChI is InChI=1S/C13H19N3O2/c1-13(8-14,15-2)5-3-4-6-16-11(17)9-7-10(9)12(16)18/h9-10,15H,3-7H2,1-2H3. The molecule has 1 aliphatic carbocycles. The Balaban J connectivity index is 1.72. The number of nitrogens with zero attached hydrogens (tertiary/aromatic N) is 2. The molecule has 18 heavy (non-hydrogen) atoms. The highest BCUT2D eigenvalue weighted by molar-refractivity contribution is 6.08. The molecule has 3 atom stereocenters. The number of amides is 2. The van der Waals surface area contributed by atoms with E-state index >= 15 is 0 Å². The smallest absolute Gasteiger partial charge is 0.233 e. The lowest BCUT2D eigenvalue weighted by Gasteiger charge is -2.21. The van der Waals surface area contributed by atoms with E-state index in [1.54, 1.807) is 7.05 Å². The predicted molar refractivity (Wildman–Crippen MR) is 65.2 cm³/mol. The van der Waals surface area contributed by atoms with E-state index in [0.29, 0.717) is 6.54 Å². The average molecular weight is 249 g/mol. The molecule has 0 aromatic carbocycles. The van der Waals surface area contributed by atoms with Crippen LogP contribution in [-0.4, -0.2) is 35.8 Å². The Labute approximate surface area is 107 Å². The molecule has 2 aliphatic rings. The van der Waals surface area contributed by atoms with E-state index in [1.807, 2.05) is 6.92 Å². The maximum absolute atomic E-state index is 11.7. The van der Waals surface area contributed by atoms with Gasteiger partial charge in [0.05, 0.1) is 17.9 Å². The van der Waals surface area contributed by atoms with Crippen molar-refractivity contribution in [3.8, 4) is 6.07 Å². The van der Waals surface area contributed by atoms with Gasteiger partial charge in [-0.25, -0.2) is 0 Å². The molecule has 0 aromatic rings. The Morgan fingerprint density at radius 3 is 2.50 bits per heavy atom. The highest BCUT2D eigenvalue weighted by atomic mass is 16.2. The summed E-state index contributed by atoms with van der Waals surface area (Å²) in [5, 5.41) is 12.0. The number of carbonyl (C=O) groups is 2. The highest BCUT2D eigenvalue weighted by Gasteiger charge is 2.58. The maximum Gasteiger partial charge on any atom is 0.233 e. The first-order valence-corrected chi connectivity index (χ1v) is 6.48. The van der Waals surface area contributed by atoms with Crippen LogP contribution in [0.4, 0.5) is 0 Å². The van der Waals surface area contributed by atoms with Crippen LogP contribution in [0.2, 0.25) is 0 Å². The summed E-state index contributed by atoms with van der Waals surface area (Å²) in [7, 11) is 1.77. The molecular weight excluding hydrogens is 230 g/mol. The summed E-state index contributed by atoms with van der Waals surface area (Å²) in [6.07, 6.45) is 3.09. The van der Waals surface area contributed by atoms with E-state index in [-0.39, 0.29) is 23.7 Å². The number of likely N-dealkylation sites (tertiary alicyclic amines) is 1. The third-order valence-corrected chi connectivity index (χ3v) is 4.06. The second-order valence-electron chi connectivity index (χ2n) is 5.43. The zero-order valence-electron chi connectivity index (χ0n) is 10.9. The molecular formula is C13H19N3O2. The molecule has 5 heteroatoms. The van der Waals surface area contributed by atoms with E-state index in [9.17, 15) is 9.59 Å². The lowest BCUT2D eigenvalue weighted by Crippen LogP contribution is -2.38. The minimum Gasteiger partial charge on any atom is -0.303 e. The van der Waals surface area contributed by atoms with Crippen molar-refractivity contribution in [2.45, 2.75) is 38.1 Å². The Hall–Kier alpha value is -1.41. The molecule has 98 valence electrons. The fourth-order valence-electron chi connectivity index (χ4n) is 2.46. The summed E-state index contributed by atoms with van der Waals surface area (Å²) in [5.74, 6) is 0.0293. The normalized spacial score (nSPS) is 28.8. The zero-order chi connectivity index (χ0) is 13.3. The molecule has 1 aliphatic heterocycles. The number of hydrogen-bond donors (Lipinski definition) is 1. The number of piperidine rings is 1. The van der Waals surface area contributed by atoms with Crippen LogP contribution in [0, 0.1) is 23.2 Å². The third-order valence-electron chi connectivity index (χ3n) is 4.06. The van der Waals surface area contributed by atoms with Crippen LogP contribution in [-0.2, 0) is 9.59 Å². The van der Waals surface area contributed by atoms with Gasteiger partial charge in [-0.2, -0.15) is 5.26 Å². The van der Waals surface area contributed by atoms with Gasteiger partial charge in [0.25, 0.3) is 0 Å². The Morgan fingerprint density at radius 1 is 1.39 bits per heavy atom. The van der Waals surface area contributed by atoms with Gasteiger partial charge in [0, 0.05) is 6.54 Å². The number of unbranched alkanes of at least 4 members (excludes halogenated alkanes) is 1. The Bertz CT molecular complexity index is 395. The number of nitrogens with one attached hydrogen (secondary N) is 1. The van der Waals surface area contributed by atoms with E-state index in [4.69, 9.17) is 5.26 Å². The number of rotatable bonds is 6. The molecule has 0 spiro atoms. The topological polar surface area (TPSA) is 73.2 Å². The monoisotopic (exact) mass is 249 g/mol. The minimum atomic E-state index is -0.513. The van der Waals surface area contributed by atoms with Crippen LogP contribution in [0.25, 0.3) is 0 Å². The van der Waals surface area contributed by atoms with Crippen LogP contribution in [0.15, 0.2) is 0 Å². The Kier molecular flexibility index (Phi) is 3.40. The van der Waals surface area contributed by atoms with E-state index < -0.39 is 5.54 Å². The van der Waals surface area contributed by atoms with E-state index in [1.165, 1.54) is 4.90 Å². The third kappa shape index (κ3) is 2.25. The quantitative estimate of drug-likeness (QED) is 0.554. The van der Waals surface area contributed by atoms with Gasteiger partial charge < -0.3 is 5.32 Å². The molecule has 1 saturated heterocycles. The van der Waals surface area contributed by atoms with Crippen molar-refractivity contribution in [3.63, 3.8) is 0 Å². The van der Waals surface area contributed by atoms with Gasteiger partial charge in [-0.3, -0.25) is 14.5 Å². The van der Waals surface area contributed by atoms with Gasteiger partial charge in [-0.1, -0.05) is 0 Å². The first-order valence-electron chi connectivity index (χ1n) is 6.48. The zero-order valence-corrected chi connectivity index (χ0v) is 10.9. The van der Waals surface area contributed by atoms with Crippen LogP contribution in [0.5, 0.6) is 0 Å². The lowest BCUT2D eigenvalue weighted by atomic mass is 9.97. The minimum absolute atomic E-state index is 0.000757. The molecule has 0 bridgehead atoms. The number of fused-ring (bicyclic) bond motifs is 1. The van der Waals surface area contributed by atoms with Gasteiger partial charge in [0.2, 0.25) is 11.8 Å². The maximum atomic E-state index is 11.7. The van der Waals surface area contributed by atoms with Crippen molar-refractivity contribution in [1.29, 1.82) is 5.26 Å².